The molecule has 0 unspecified atom stereocenters. The third kappa shape index (κ3) is 2.05. The van der Waals surface area contributed by atoms with E-state index < -0.39 is 0 Å². The average molecular weight is 239 g/mol. The molecule has 15 heavy (non-hydrogen) atoms. The van der Waals surface area contributed by atoms with Crippen LogP contribution in [0, 0.1) is 0 Å². The maximum atomic E-state index is 11.8. The number of carbonyl (C=O) groups excluding carboxylic acids is 1. The summed E-state index contributed by atoms with van der Waals surface area (Å²) in [6, 6.07) is 3.65. The smallest absolute Gasteiger partial charge is 0.233 e. The highest BCUT2D eigenvalue weighted by Gasteiger charge is 2.16. The van der Waals surface area contributed by atoms with Gasteiger partial charge in [0.25, 0.3) is 0 Å². The number of nitrogens with zero attached hydrogens (tertiary/aromatic N) is 3. The Morgan fingerprint density at radius 2 is 2.20 bits per heavy atom. The SMILES string of the molecule is CN(C)c1nnc(C(=O)c2cccs2)s1. The monoisotopic (exact) mass is 239 g/mol. The molecule has 0 atom stereocenters. The zero-order valence-electron chi connectivity index (χ0n) is 8.30. The standard InChI is InChI=1S/C9H9N3OS2/c1-12(2)9-11-10-8(15-9)7(13)6-4-3-5-14-6/h3-5H,1-2H3. The lowest BCUT2D eigenvalue weighted by Gasteiger charge is -2.03. The molecule has 0 saturated heterocycles. The largest absolute Gasteiger partial charge is 0.353 e. The molecule has 0 fully saturated rings. The fraction of sp³-hybridized carbons (Fsp3) is 0.222. The molecule has 0 aromatic carbocycles. The minimum absolute atomic E-state index is 0.0457. The van der Waals surface area contributed by atoms with E-state index in [0.29, 0.717) is 9.88 Å². The van der Waals surface area contributed by atoms with Crippen LogP contribution in [-0.4, -0.2) is 30.1 Å². The summed E-state index contributed by atoms with van der Waals surface area (Å²) >= 11 is 2.73. The first-order valence-electron chi connectivity index (χ1n) is 4.27. The lowest BCUT2D eigenvalue weighted by atomic mass is 10.3. The van der Waals surface area contributed by atoms with E-state index in [1.165, 1.54) is 22.7 Å². The van der Waals surface area contributed by atoms with Crippen molar-refractivity contribution in [2.24, 2.45) is 0 Å². The van der Waals surface area contributed by atoms with E-state index in [1.807, 2.05) is 30.4 Å². The Balaban J connectivity index is 2.27. The van der Waals surface area contributed by atoms with Gasteiger partial charge in [-0.2, -0.15) is 0 Å². The number of carbonyl (C=O) groups is 1. The van der Waals surface area contributed by atoms with Crippen LogP contribution in [0.5, 0.6) is 0 Å². The Morgan fingerprint density at radius 1 is 1.40 bits per heavy atom. The lowest BCUT2D eigenvalue weighted by Crippen LogP contribution is -2.07. The summed E-state index contributed by atoms with van der Waals surface area (Å²) in [5.74, 6) is -0.0457. The summed E-state index contributed by atoms with van der Waals surface area (Å²) in [5, 5.41) is 10.9. The van der Waals surface area contributed by atoms with Crippen molar-refractivity contribution in [2.75, 3.05) is 19.0 Å². The molecular formula is C9H9N3OS2. The van der Waals surface area contributed by atoms with E-state index >= 15 is 0 Å². The predicted molar refractivity (Wildman–Crippen MR) is 62.0 cm³/mol. The van der Waals surface area contributed by atoms with Crippen LogP contribution < -0.4 is 4.90 Å². The maximum Gasteiger partial charge on any atom is 0.233 e. The van der Waals surface area contributed by atoms with Crippen molar-refractivity contribution in [2.45, 2.75) is 0 Å². The highest BCUT2D eigenvalue weighted by Crippen LogP contribution is 2.22. The summed E-state index contributed by atoms with van der Waals surface area (Å²) in [5.41, 5.74) is 0. The first kappa shape index (κ1) is 10.3. The highest BCUT2D eigenvalue weighted by atomic mass is 32.1. The topological polar surface area (TPSA) is 46.1 Å². The minimum atomic E-state index is -0.0457. The second-order valence-corrected chi connectivity index (χ2v) is 4.99. The summed E-state index contributed by atoms with van der Waals surface area (Å²) in [6.07, 6.45) is 0. The van der Waals surface area contributed by atoms with Gasteiger partial charge in [0.15, 0.2) is 5.01 Å². The van der Waals surface area contributed by atoms with Crippen LogP contribution in [0.4, 0.5) is 5.13 Å². The zero-order chi connectivity index (χ0) is 10.8. The second kappa shape index (κ2) is 4.08. The minimum Gasteiger partial charge on any atom is -0.353 e. The highest BCUT2D eigenvalue weighted by molar-refractivity contribution is 7.18. The Morgan fingerprint density at radius 3 is 2.73 bits per heavy atom. The molecule has 0 aliphatic rings. The number of anilines is 1. The number of thiophene rings is 1. The quantitative estimate of drug-likeness (QED) is 0.767. The van der Waals surface area contributed by atoms with Crippen LogP contribution in [-0.2, 0) is 0 Å². The van der Waals surface area contributed by atoms with Gasteiger partial charge in [0.1, 0.15) is 0 Å². The number of rotatable bonds is 3. The molecule has 2 aromatic heterocycles. The van der Waals surface area contributed by atoms with Crippen molar-refractivity contribution in [1.29, 1.82) is 0 Å². The molecule has 0 amide bonds. The number of hydrogen-bond acceptors (Lipinski definition) is 6. The lowest BCUT2D eigenvalue weighted by molar-refractivity contribution is 0.104. The molecule has 0 N–H and O–H groups in total. The van der Waals surface area contributed by atoms with Crippen LogP contribution in [0.2, 0.25) is 0 Å². The van der Waals surface area contributed by atoms with E-state index in [4.69, 9.17) is 0 Å². The van der Waals surface area contributed by atoms with Gasteiger partial charge in [-0.1, -0.05) is 17.4 Å². The zero-order valence-corrected chi connectivity index (χ0v) is 9.93. The van der Waals surface area contributed by atoms with Gasteiger partial charge in [-0.15, -0.1) is 21.5 Å². The van der Waals surface area contributed by atoms with Gasteiger partial charge in [0, 0.05) is 14.1 Å². The van der Waals surface area contributed by atoms with Crippen molar-refractivity contribution in [3.63, 3.8) is 0 Å². The molecule has 2 rings (SSSR count). The summed E-state index contributed by atoms with van der Waals surface area (Å²) in [4.78, 5) is 14.4. The van der Waals surface area contributed by atoms with E-state index in [-0.39, 0.29) is 5.78 Å². The molecule has 0 aliphatic heterocycles. The third-order valence-corrected chi connectivity index (χ3v) is 3.69. The Hall–Kier alpha value is -1.27. The molecule has 0 spiro atoms. The summed E-state index contributed by atoms with van der Waals surface area (Å²) in [6.45, 7) is 0. The maximum absolute atomic E-state index is 11.8. The predicted octanol–water partition coefficient (Wildman–Crippen LogP) is 1.90. The van der Waals surface area contributed by atoms with Gasteiger partial charge in [0.05, 0.1) is 4.88 Å². The van der Waals surface area contributed by atoms with Crippen molar-refractivity contribution in [1.82, 2.24) is 10.2 Å². The van der Waals surface area contributed by atoms with Crippen molar-refractivity contribution in [3.8, 4) is 0 Å². The van der Waals surface area contributed by atoms with E-state index in [9.17, 15) is 4.79 Å². The van der Waals surface area contributed by atoms with E-state index in [0.717, 1.165) is 5.13 Å². The van der Waals surface area contributed by atoms with Gasteiger partial charge in [-0.3, -0.25) is 4.79 Å². The molecular weight excluding hydrogens is 230 g/mol. The van der Waals surface area contributed by atoms with Crippen molar-refractivity contribution in [3.05, 3.63) is 27.4 Å². The summed E-state index contributed by atoms with van der Waals surface area (Å²) < 4.78 is 0. The third-order valence-electron chi connectivity index (χ3n) is 1.74. The van der Waals surface area contributed by atoms with Crippen LogP contribution in [0.3, 0.4) is 0 Å². The Bertz CT molecular complexity index is 461. The fourth-order valence-corrected chi connectivity index (χ4v) is 2.45. The van der Waals surface area contributed by atoms with Gasteiger partial charge in [-0.25, -0.2) is 0 Å². The molecule has 0 bridgehead atoms. The van der Waals surface area contributed by atoms with Crippen molar-refractivity contribution >= 4 is 33.6 Å². The van der Waals surface area contributed by atoms with E-state index in [2.05, 4.69) is 10.2 Å². The molecule has 0 aliphatic carbocycles. The molecule has 78 valence electrons. The van der Waals surface area contributed by atoms with Gasteiger partial charge in [-0.05, 0) is 11.4 Å². The average Bonchev–Trinajstić information content (AvgIpc) is 2.88. The van der Waals surface area contributed by atoms with Gasteiger partial charge < -0.3 is 4.90 Å². The summed E-state index contributed by atoms with van der Waals surface area (Å²) in [7, 11) is 3.75. The normalized spacial score (nSPS) is 10.3. The second-order valence-electron chi connectivity index (χ2n) is 3.09. The molecule has 2 aromatic rings. The first-order chi connectivity index (χ1) is 7.18. The van der Waals surface area contributed by atoms with Gasteiger partial charge >= 0.3 is 0 Å². The molecule has 0 saturated carbocycles. The van der Waals surface area contributed by atoms with Crippen LogP contribution >= 0.6 is 22.7 Å². The number of hydrogen-bond donors (Lipinski definition) is 0. The van der Waals surface area contributed by atoms with Gasteiger partial charge in [0.2, 0.25) is 10.9 Å². The molecule has 6 heteroatoms. The van der Waals surface area contributed by atoms with Crippen LogP contribution in [0.25, 0.3) is 0 Å². The first-order valence-corrected chi connectivity index (χ1v) is 5.97. The molecule has 2 heterocycles. The molecule has 4 nitrogen and oxygen atoms in total. The van der Waals surface area contributed by atoms with Crippen LogP contribution in [0.15, 0.2) is 17.5 Å². The Labute approximate surface area is 95.2 Å². The fourth-order valence-electron chi connectivity index (χ4n) is 1.00. The van der Waals surface area contributed by atoms with E-state index in [1.54, 1.807) is 6.07 Å². The molecule has 0 radical (unpaired) electrons. The number of ketones is 1. The Kier molecular flexibility index (Phi) is 2.79. The van der Waals surface area contributed by atoms with Crippen LogP contribution in [0.1, 0.15) is 14.7 Å². The number of aromatic nitrogens is 2. The van der Waals surface area contributed by atoms with Crippen molar-refractivity contribution < 1.29 is 4.79 Å².